The normalized spacial score (nSPS) is 20.8. The molecule has 1 fully saturated rings. The summed E-state index contributed by atoms with van der Waals surface area (Å²) in [4.78, 5) is 6.95. The summed E-state index contributed by atoms with van der Waals surface area (Å²) in [5.41, 5.74) is 5.07. The summed E-state index contributed by atoms with van der Waals surface area (Å²) in [6.07, 6.45) is 5.50. The molecule has 2 aliphatic rings. The van der Waals surface area contributed by atoms with E-state index in [9.17, 15) is 5.11 Å². The number of allylic oxidation sites excluding steroid dienone is 2. The van der Waals surface area contributed by atoms with Crippen LogP contribution in [0.4, 0.5) is 0 Å². The third kappa shape index (κ3) is 4.29. The number of hydrogen-bond acceptors (Lipinski definition) is 5. The van der Waals surface area contributed by atoms with Gasteiger partial charge in [-0.25, -0.2) is 4.98 Å². The average molecular weight is 426 g/mol. The molecule has 1 aromatic heterocycles. The van der Waals surface area contributed by atoms with E-state index in [-0.39, 0.29) is 5.54 Å². The molecule has 1 saturated heterocycles. The Morgan fingerprint density at radius 1 is 1.26 bits per heavy atom. The molecular weight excluding hydrogens is 390 g/mol. The Morgan fingerprint density at radius 2 is 2.00 bits per heavy atom. The smallest absolute Gasteiger partial charge is 0.148 e. The molecule has 1 aromatic carbocycles. The van der Waals surface area contributed by atoms with E-state index in [1.54, 1.807) is 0 Å². The fourth-order valence-corrected chi connectivity index (χ4v) is 4.68. The summed E-state index contributed by atoms with van der Waals surface area (Å²) in [5.74, 6) is 1.53. The maximum Gasteiger partial charge on any atom is 0.148 e. The van der Waals surface area contributed by atoms with E-state index < -0.39 is 6.23 Å². The topological polar surface area (TPSA) is 59.8 Å². The Labute approximate surface area is 185 Å². The third-order valence-corrected chi connectivity index (χ3v) is 6.38. The summed E-state index contributed by atoms with van der Waals surface area (Å²) >= 11 is 0. The van der Waals surface area contributed by atoms with Crippen LogP contribution in [0.2, 0.25) is 0 Å². The van der Waals surface area contributed by atoms with Crippen molar-refractivity contribution < 1.29 is 14.6 Å². The number of nitrogens with zero attached hydrogens (tertiary/aromatic N) is 3. The third-order valence-electron chi connectivity index (χ3n) is 6.38. The number of likely N-dealkylation sites (N-methyl/N-ethyl adjacent to an activating group) is 1. The number of imidazole rings is 1. The molecule has 0 aliphatic carbocycles. The van der Waals surface area contributed by atoms with E-state index in [1.807, 2.05) is 32.0 Å². The van der Waals surface area contributed by atoms with Crippen molar-refractivity contribution in [3.63, 3.8) is 0 Å². The molecule has 31 heavy (non-hydrogen) atoms. The molecule has 0 saturated carbocycles. The summed E-state index contributed by atoms with van der Waals surface area (Å²) in [7, 11) is 1.90. The van der Waals surface area contributed by atoms with E-state index in [0.29, 0.717) is 19.1 Å². The van der Waals surface area contributed by atoms with Gasteiger partial charge in [-0.15, -0.1) is 0 Å². The minimum atomic E-state index is -0.566. The molecule has 3 heterocycles. The molecule has 0 radical (unpaired) electrons. The van der Waals surface area contributed by atoms with E-state index in [2.05, 4.69) is 42.7 Å². The number of fused-ring (bicyclic) bond motifs is 1. The molecule has 2 aliphatic heterocycles. The van der Waals surface area contributed by atoms with Crippen LogP contribution in [-0.2, 0) is 15.0 Å². The van der Waals surface area contributed by atoms with Crippen molar-refractivity contribution in [2.75, 3.05) is 33.5 Å². The predicted molar refractivity (Wildman–Crippen MR) is 124 cm³/mol. The van der Waals surface area contributed by atoms with Crippen molar-refractivity contribution >= 4 is 16.6 Å². The first-order valence-corrected chi connectivity index (χ1v) is 11.3. The number of ether oxygens (including phenoxy) is 2. The van der Waals surface area contributed by atoms with Crippen LogP contribution in [0.3, 0.4) is 0 Å². The molecular formula is C25H35N3O3. The van der Waals surface area contributed by atoms with E-state index in [1.165, 1.54) is 0 Å². The Balaban J connectivity index is 1.84. The first-order chi connectivity index (χ1) is 14.8. The Bertz CT molecular complexity index is 999. The highest BCUT2D eigenvalue weighted by atomic mass is 16.5. The second-order valence-electron chi connectivity index (χ2n) is 9.36. The number of hydrogen-bond donors (Lipinski definition) is 1. The van der Waals surface area contributed by atoms with Gasteiger partial charge >= 0.3 is 0 Å². The van der Waals surface area contributed by atoms with Gasteiger partial charge in [0, 0.05) is 39.0 Å². The Morgan fingerprint density at radius 3 is 2.68 bits per heavy atom. The van der Waals surface area contributed by atoms with Crippen molar-refractivity contribution in [1.29, 1.82) is 0 Å². The van der Waals surface area contributed by atoms with Crippen LogP contribution in [0.5, 0.6) is 0 Å². The van der Waals surface area contributed by atoms with Crippen molar-refractivity contribution in [2.45, 2.75) is 58.2 Å². The second-order valence-corrected chi connectivity index (χ2v) is 9.36. The van der Waals surface area contributed by atoms with Crippen molar-refractivity contribution in [2.24, 2.45) is 0 Å². The van der Waals surface area contributed by atoms with Gasteiger partial charge in [0.2, 0.25) is 0 Å². The number of aromatic nitrogens is 2. The van der Waals surface area contributed by atoms with E-state index in [4.69, 9.17) is 14.5 Å². The lowest BCUT2D eigenvalue weighted by atomic mass is 9.97. The van der Waals surface area contributed by atoms with E-state index >= 15 is 0 Å². The molecule has 0 spiro atoms. The molecule has 4 rings (SSSR count). The van der Waals surface area contributed by atoms with Gasteiger partial charge in [-0.3, -0.25) is 0 Å². The molecule has 168 valence electrons. The highest BCUT2D eigenvalue weighted by Crippen LogP contribution is 2.36. The van der Waals surface area contributed by atoms with Crippen LogP contribution in [0, 0.1) is 0 Å². The zero-order valence-corrected chi connectivity index (χ0v) is 19.4. The van der Waals surface area contributed by atoms with Crippen molar-refractivity contribution in [3.8, 4) is 0 Å². The molecule has 1 atom stereocenters. The fraction of sp³-hybridized carbons (Fsp3) is 0.560. The monoisotopic (exact) mass is 425 g/mol. The van der Waals surface area contributed by atoms with Gasteiger partial charge in [-0.1, -0.05) is 6.07 Å². The first kappa shape index (κ1) is 22.1. The minimum absolute atomic E-state index is 0.225. The molecule has 1 N–H and O–H groups in total. The standard InChI is InChI=1S/C25H35N3O3/c1-6-30-16-25(3,4)28-22-14-19(20-13-17(2)24(29)27(5)15-20)7-8-21(22)26-23(28)18-9-11-31-12-10-18/h7-8,13-15,18,24,29H,6,9-12,16H2,1-5H3. The zero-order chi connectivity index (χ0) is 22.2. The number of aliphatic hydroxyl groups is 1. The maximum absolute atomic E-state index is 10.2. The first-order valence-electron chi connectivity index (χ1n) is 11.3. The minimum Gasteiger partial charge on any atom is -0.381 e. The number of rotatable bonds is 6. The van der Waals surface area contributed by atoms with Gasteiger partial charge in [0.25, 0.3) is 0 Å². The van der Waals surface area contributed by atoms with Gasteiger partial charge < -0.3 is 24.0 Å². The van der Waals surface area contributed by atoms with E-state index in [0.717, 1.165) is 59.6 Å². The molecule has 2 aromatic rings. The lowest BCUT2D eigenvalue weighted by Gasteiger charge is -2.32. The van der Waals surface area contributed by atoms with Gasteiger partial charge in [0.05, 0.1) is 23.2 Å². The van der Waals surface area contributed by atoms with Crippen LogP contribution < -0.4 is 0 Å². The highest BCUT2D eigenvalue weighted by molar-refractivity contribution is 5.85. The van der Waals surface area contributed by atoms with Crippen LogP contribution in [0.25, 0.3) is 16.6 Å². The number of benzene rings is 1. The van der Waals surface area contributed by atoms with Crippen LogP contribution in [0.15, 0.2) is 36.0 Å². The van der Waals surface area contributed by atoms with Gasteiger partial charge in [0.15, 0.2) is 0 Å². The van der Waals surface area contributed by atoms with Gasteiger partial charge in [-0.2, -0.15) is 0 Å². The second kappa shape index (κ2) is 8.77. The van der Waals surface area contributed by atoms with Crippen molar-refractivity contribution in [1.82, 2.24) is 14.5 Å². The van der Waals surface area contributed by atoms with Gasteiger partial charge in [0.1, 0.15) is 12.1 Å². The lowest BCUT2D eigenvalue weighted by Crippen LogP contribution is -2.34. The molecule has 0 bridgehead atoms. The fourth-order valence-electron chi connectivity index (χ4n) is 4.68. The van der Waals surface area contributed by atoms with Crippen LogP contribution in [-0.4, -0.2) is 59.3 Å². The molecule has 1 unspecified atom stereocenters. The Hall–Kier alpha value is -2.15. The number of aliphatic hydroxyl groups excluding tert-OH is 1. The zero-order valence-electron chi connectivity index (χ0n) is 19.4. The molecule has 6 nitrogen and oxygen atoms in total. The summed E-state index contributed by atoms with van der Waals surface area (Å²) < 4.78 is 13.9. The van der Waals surface area contributed by atoms with Gasteiger partial charge in [-0.05, 0) is 75.5 Å². The largest absolute Gasteiger partial charge is 0.381 e. The summed E-state index contributed by atoms with van der Waals surface area (Å²) in [5, 5.41) is 10.2. The molecule has 0 amide bonds. The highest BCUT2D eigenvalue weighted by Gasteiger charge is 2.31. The Kier molecular flexibility index (Phi) is 6.24. The SMILES string of the molecule is CCOCC(C)(C)n1c(C2CCOCC2)nc2ccc(C3=CN(C)C(O)C(C)=C3)cc21. The lowest BCUT2D eigenvalue weighted by molar-refractivity contribution is 0.0667. The molecule has 6 heteroatoms. The predicted octanol–water partition coefficient (Wildman–Crippen LogP) is 4.25. The van der Waals surface area contributed by atoms with Crippen molar-refractivity contribution in [3.05, 3.63) is 47.4 Å². The summed E-state index contributed by atoms with van der Waals surface area (Å²) in [6, 6.07) is 6.49. The maximum atomic E-state index is 10.2. The summed E-state index contributed by atoms with van der Waals surface area (Å²) in [6.45, 7) is 11.4. The van der Waals surface area contributed by atoms with Crippen LogP contribution in [0.1, 0.15) is 57.8 Å². The average Bonchev–Trinajstić information content (AvgIpc) is 3.16. The van der Waals surface area contributed by atoms with Crippen LogP contribution >= 0.6 is 0 Å². The quantitative estimate of drug-likeness (QED) is 0.750.